The molecule has 0 aromatic heterocycles. The summed E-state index contributed by atoms with van der Waals surface area (Å²) in [6, 6.07) is 13.1. The van der Waals surface area contributed by atoms with Crippen LogP contribution in [0.3, 0.4) is 0 Å². The molecule has 0 bridgehead atoms. The van der Waals surface area contributed by atoms with Crippen molar-refractivity contribution in [2.24, 2.45) is 0 Å². The molecule has 0 aliphatic rings. The molecule has 41 heavy (non-hydrogen) atoms. The van der Waals surface area contributed by atoms with Crippen LogP contribution in [0, 0.1) is 13.8 Å². The largest absolute Gasteiger partial charge is 0.444 e. The lowest BCUT2D eigenvalue weighted by Crippen LogP contribution is -2.54. The average molecular weight is 568 g/mol. The minimum absolute atomic E-state index is 0.299. The van der Waals surface area contributed by atoms with Crippen LogP contribution in [0.5, 0.6) is 0 Å². The number of aryl methyl sites for hydroxylation is 2. The summed E-state index contributed by atoms with van der Waals surface area (Å²) in [5, 5.41) is 15.7. The molecule has 8 nitrogen and oxygen atoms in total. The summed E-state index contributed by atoms with van der Waals surface area (Å²) in [6.07, 6.45) is 5.22. The van der Waals surface area contributed by atoms with Crippen LogP contribution in [0.1, 0.15) is 94.5 Å². The van der Waals surface area contributed by atoms with Crippen LogP contribution in [-0.4, -0.2) is 52.7 Å². The molecule has 2 aromatic carbocycles. The van der Waals surface area contributed by atoms with Gasteiger partial charge in [-0.05, 0) is 63.3 Å². The third-order valence-corrected chi connectivity index (χ3v) is 6.92. The molecule has 0 saturated carbocycles. The molecule has 0 aliphatic heterocycles. The predicted molar refractivity (Wildman–Crippen MR) is 162 cm³/mol. The van der Waals surface area contributed by atoms with Gasteiger partial charge in [0.1, 0.15) is 17.7 Å². The number of rotatable bonds is 15. The third-order valence-electron chi connectivity index (χ3n) is 6.92. The van der Waals surface area contributed by atoms with E-state index in [0.29, 0.717) is 25.1 Å². The van der Waals surface area contributed by atoms with Crippen molar-refractivity contribution in [1.82, 2.24) is 15.5 Å². The first-order chi connectivity index (χ1) is 19.5. The van der Waals surface area contributed by atoms with Crippen molar-refractivity contribution in [1.29, 1.82) is 0 Å². The highest BCUT2D eigenvalue weighted by molar-refractivity contribution is 5.92. The van der Waals surface area contributed by atoms with E-state index in [1.807, 2.05) is 62.4 Å². The van der Waals surface area contributed by atoms with Crippen molar-refractivity contribution in [3.05, 3.63) is 70.8 Å². The molecule has 0 radical (unpaired) electrons. The van der Waals surface area contributed by atoms with E-state index in [4.69, 9.17) is 4.74 Å². The minimum atomic E-state index is -1.26. The molecule has 0 spiro atoms. The summed E-state index contributed by atoms with van der Waals surface area (Å²) < 4.78 is 5.33. The van der Waals surface area contributed by atoms with Crippen molar-refractivity contribution in [3.8, 4) is 0 Å². The highest BCUT2D eigenvalue weighted by atomic mass is 16.6. The van der Waals surface area contributed by atoms with Gasteiger partial charge in [0.05, 0.1) is 6.61 Å². The van der Waals surface area contributed by atoms with E-state index >= 15 is 0 Å². The van der Waals surface area contributed by atoms with Crippen LogP contribution in [0.4, 0.5) is 4.79 Å². The third kappa shape index (κ3) is 11.6. The highest BCUT2D eigenvalue weighted by Gasteiger charge is 2.36. The Morgan fingerprint density at radius 3 is 2.20 bits per heavy atom. The standard InChI is InChI=1S/C33H49N3O5/c1-7-8-9-10-11-15-20-36(31(39)28(23-37)35-32(40)41-33(4,5)6)29(27-19-18-24(2)25(3)21-27)30(38)34-22-26-16-13-12-14-17-26/h12-14,16-19,21,28-29,37H,7-11,15,20,22-23H2,1-6H3,(H,34,38)(H,35,40). The van der Waals surface area contributed by atoms with Crippen LogP contribution >= 0.6 is 0 Å². The molecule has 226 valence electrons. The van der Waals surface area contributed by atoms with Crippen LogP contribution in [-0.2, 0) is 20.9 Å². The number of hydrogen-bond acceptors (Lipinski definition) is 5. The number of aliphatic hydroxyl groups excluding tert-OH is 1. The van der Waals surface area contributed by atoms with Gasteiger partial charge in [0.2, 0.25) is 11.8 Å². The molecule has 2 aromatic rings. The SMILES string of the molecule is CCCCCCCCN(C(=O)C(CO)NC(=O)OC(C)(C)C)C(C(=O)NCc1ccccc1)c1ccc(C)c(C)c1. The summed E-state index contributed by atoms with van der Waals surface area (Å²) in [6.45, 7) is 11.3. The Morgan fingerprint density at radius 2 is 1.59 bits per heavy atom. The number of nitrogens with one attached hydrogen (secondary N) is 2. The summed E-state index contributed by atoms with van der Waals surface area (Å²) in [4.78, 5) is 41.9. The van der Waals surface area contributed by atoms with Crippen molar-refractivity contribution < 1.29 is 24.2 Å². The Morgan fingerprint density at radius 1 is 0.927 bits per heavy atom. The number of unbranched alkanes of at least 4 members (excludes halogenated alkanes) is 5. The van der Waals surface area contributed by atoms with Crippen molar-refractivity contribution in [2.45, 2.75) is 104 Å². The molecular weight excluding hydrogens is 518 g/mol. The Kier molecular flexibility index (Phi) is 13.8. The fourth-order valence-corrected chi connectivity index (χ4v) is 4.55. The maximum absolute atomic E-state index is 14.0. The number of amides is 3. The number of aliphatic hydroxyl groups is 1. The summed E-state index contributed by atoms with van der Waals surface area (Å²) in [5.74, 6) is -0.865. The van der Waals surface area contributed by atoms with Gasteiger partial charge >= 0.3 is 6.09 Å². The zero-order valence-electron chi connectivity index (χ0n) is 25.7. The van der Waals surface area contributed by atoms with Crippen molar-refractivity contribution >= 4 is 17.9 Å². The topological polar surface area (TPSA) is 108 Å². The van der Waals surface area contributed by atoms with Gasteiger partial charge < -0.3 is 25.4 Å². The molecule has 3 N–H and O–H groups in total. The summed E-state index contributed by atoms with van der Waals surface area (Å²) in [5.41, 5.74) is 2.91. The number of carbonyl (C=O) groups excluding carboxylic acids is 3. The quantitative estimate of drug-likeness (QED) is 0.238. The fraction of sp³-hybridized carbons (Fsp3) is 0.545. The summed E-state index contributed by atoms with van der Waals surface area (Å²) >= 11 is 0. The van der Waals surface area contributed by atoms with Gasteiger partial charge in [-0.2, -0.15) is 0 Å². The molecule has 0 aliphatic carbocycles. The van der Waals surface area contributed by atoms with Gasteiger partial charge in [-0.15, -0.1) is 0 Å². The number of ether oxygens (including phenoxy) is 1. The van der Waals surface area contributed by atoms with Gasteiger partial charge in [0.15, 0.2) is 0 Å². The fourth-order valence-electron chi connectivity index (χ4n) is 4.55. The molecule has 0 saturated heterocycles. The molecule has 0 fully saturated rings. The Bertz CT molecular complexity index is 1110. The van der Waals surface area contributed by atoms with Crippen molar-refractivity contribution in [3.63, 3.8) is 0 Å². The van der Waals surface area contributed by atoms with E-state index in [-0.39, 0.29) is 5.91 Å². The zero-order valence-corrected chi connectivity index (χ0v) is 25.7. The number of hydrogen-bond donors (Lipinski definition) is 3. The predicted octanol–water partition coefficient (Wildman–Crippen LogP) is 5.74. The second-order valence-electron chi connectivity index (χ2n) is 11.6. The van der Waals surface area contributed by atoms with E-state index in [0.717, 1.165) is 48.8 Å². The van der Waals surface area contributed by atoms with E-state index in [1.165, 1.54) is 4.90 Å². The van der Waals surface area contributed by atoms with Crippen molar-refractivity contribution in [2.75, 3.05) is 13.2 Å². The van der Waals surface area contributed by atoms with E-state index in [9.17, 15) is 19.5 Å². The average Bonchev–Trinajstić information content (AvgIpc) is 2.92. The Labute approximate surface area is 245 Å². The molecule has 2 atom stereocenters. The van der Waals surface area contributed by atoms with Gasteiger partial charge in [-0.25, -0.2) is 4.79 Å². The molecule has 0 heterocycles. The minimum Gasteiger partial charge on any atom is -0.444 e. The first kappa shape index (κ1) is 33.8. The van der Waals surface area contributed by atoms with Crippen LogP contribution < -0.4 is 10.6 Å². The lowest BCUT2D eigenvalue weighted by atomic mass is 9.98. The van der Waals surface area contributed by atoms with Crippen LogP contribution in [0.25, 0.3) is 0 Å². The molecular formula is C33H49N3O5. The monoisotopic (exact) mass is 567 g/mol. The zero-order chi connectivity index (χ0) is 30.4. The maximum atomic E-state index is 14.0. The lowest BCUT2D eigenvalue weighted by molar-refractivity contribution is -0.143. The van der Waals surface area contributed by atoms with Gasteiger partial charge in [-0.3, -0.25) is 9.59 Å². The van der Waals surface area contributed by atoms with Gasteiger partial charge in [0.25, 0.3) is 0 Å². The van der Waals surface area contributed by atoms with Gasteiger partial charge in [-0.1, -0.05) is 87.6 Å². The second kappa shape index (κ2) is 16.8. The van der Waals surface area contributed by atoms with E-state index < -0.39 is 36.3 Å². The van der Waals surface area contributed by atoms with E-state index in [1.54, 1.807) is 20.8 Å². The first-order valence-electron chi connectivity index (χ1n) is 14.8. The number of alkyl carbamates (subject to hydrolysis) is 1. The van der Waals surface area contributed by atoms with E-state index in [2.05, 4.69) is 17.6 Å². The maximum Gasteiger partial charge on any atom is 0.408 e. The lowest BCUT2D eigenvalue weighted by Gasteiger charge is -2.34. The summed E-state index contributed by atoms with van der Waals surface area (Å²) in [7, 11) is 0. The molecule has 2 unspecified atom stereocenters. The Balaban J connectivity index is 2.42. The molecule has 8 heteroatoms. The number of carbonyl (C=O) groups is 3. The molecule has 2 rings (SSSR count). The number of benzene rings is 2. The first-order valence-corrected chi connectivity index (χ1v) is 14.8. The second-order valence-corrected chi connectivity index (χ2v) is 11.6. The normalized spacial score (nSPS) is 12.8. The van der Waals surface area contributed by atoms with Crippen LogP contribution in [0.15, 0.2) is 48.5 Å². The molecule has 3 amide bonds. The van der Waals surface area contributed by atoms with Crippen LogP contribution in [0.2, 0.25) is 0 Å². The number of nitrogens with zero attached hydrogens (tertiary/aromatic N) is 1. The smallest absolute Gasteiger partial charge is 0.408 e. The van der Waals surface area contributed by atoms with Gasteiger partial charge in [0, 0.05) is 13.1 Å². The highest BCUT2D eigenvalue weighted by Crippen LogP contribution is 2.26. The Hall–Kier alpha value is -3.39.